The molecule has 0 atom stereocenters. The van der Waals surface area contributed by atoms with Gasteiger partial charge in [-0.05, 0) is 36.4 Å². The van der Waals surface area contributed by atoms with Crippen molar-refractivity contribution in [3.63, 3.8) is 0 Å². The SMILES string of the molecule is N#Cc1ccc(C#Cc2ccc(O)cc2Cl)c(F)c1. The summed E-state index contributed by atoms with van der Waals surface area (Å²) in [6, 6.07) is 10.3. The highest BCUT2D eigenvalue weighted by Crippen LogP contribution is 2.20. The standard InChI is InChI=1S/C15H7ClFNO/c16-14-8-13(19)6-5-11(14)3-4-12-2-1-10(9-18)7-15(12)17/h1-2,5-8,19H. The zero-order valence-corrected chi connectivity index (χ0v) is 10.4. The molecule has 19 heavy (non-hydrogen) atoms. The number of rotatable bonds is 0. The summed E-state index contributed by atoms with van der Waals surface area (Å²) in [7, 11) is 0. The van der Waals surface area contributed by atoms with Crippen LogP contribution >= 0.6 is 11.6 Å². The zero-order chi connectivity index (χ0) is 13.8. The van der Waals surface area contributed by atoms with Crippen LogP contribution in [0.25, 0.3) is 0 Å². The molecule has 0 aliphatic rings. The van der Waals surface area contributed by atoms with Crippen molar-refractivity contribution in [3.05, 3.63) is 63.9 Å². The second-order valence-electron chi connectivity index (χ2n) is 3.72. The van der Waals surface area contributed by atoms with Crippen LogP contribution in [0.2, 0.25) is 5.02 Å². The number of aromatic hydroxyl groups is 1. The van der Waals surface area contributed by atoms with Crippen molar-refractivity contribution >= 4 is 11.6 Å². The molecule has 0 amide bonds. The maximum atomic E-state index is 13.6. The van der Waals surface area contributed by atoms with Gasteiger partial charge in [0.2, 0.25) is 0 Å². The van der Waals surface area contributed by atoms with Gasteiger partial charge in [0.15, 0.2) is 0 Å². The predicted molar refractivity (Wildman–Crippen MR) is 70.2 cm³/mol. The van der Waals surface area contributed by atoms with E-state index in [1.165, 1.54) is 24.3 Å². The molecule has 0 heterocycles. The number of benzene rings is 2. The minimum atomic E-state index is -0.554. The summed E-state index contributed by atoms with van der Waals surface area (Å²) >= 11 is 5.88. The van der Waals surface area contributed by atoms with Crippen molar-refractivity contribution in [2.45, 2.75) is 0 Å². The van der Waals surface area contributed by atoms with Gasteiger partial charge in [-0.3, -0.25) is 0 Å². The van der Waals surface area contributed by atoms with Gasteiger partial charge in [-0.1, -0.05) is 23.4 Å². The molecule has 0 saturated carbocycles. The van der Waals surface area contributed by atoms with Crippen molar-refractivity contribution in [3.8, 4) is 23.7 Å². The van der Waals surface area contributed by atoms with Crippen LogP contribution in [0, 0.1) is 29.0 Å². The molecule has 0 saturated heterocycles. The van der Waals surface area contributed by atoms with E-state index in [1.807, 2.05) is 6.07 Å². The first-order valence-corrected chi connectivity index (χ1v) is 5.68. The van der Waals surface area contributed by atoms with E-state index >= 15 is 0 Å². The van der Waals surface area contributed by atoms with Gasteiger partial charge in [0.1, 0.15) is 11.6 Å². The van der Waals surface area contributed by atoms with Gasteiger partial charge in [-0.25, -0.2) is 4.39 Å². The summed E-state index contributed by atoms with van der Waals surface area (Å²) in [5, 5.41) is 18.1. The molecule has 2 aromatic rings. The van der Waals surface area contributed by atoms with E-state index in [2.05, 4.69) is 11.8 Å². The first kappa shape index (κ1) is 13.0. The Morgan fingerprint density at radius 1 is 1.05 bits per heavy atom. The van der Waals surface area contributed by atoms with Crippen LogP contribution in [-0.2, 0) is 0 Å². The molecule has 4 heteroatoms. The first-order valence-electron chi connectivity index (χ1n) is 5.30. The van der Waals surface area contributed by atoms with E-state index < -0.39 is 5.82 Å². The fourth-order valence-electron chi connectivity index (χ4n) is 1.43. The van der Waals surface area contributed by atoms with Gasteiger partial charge in [-0.2, -0.15) is 5.26 Å². The van der Waals surface area contributed by atoms with Gasteiger partial charge in [0.05, 0.1) is 22.2 Å². The van der Waals surface area contributed by atoms with Crippen LogP contribution in [0.15, 0.2) is 36.4 Å². The van der Waals surface area contributed by atoms with Crippen LogP contribution < -0.4 is 0 Å². The molecule has 2 aromatic carbocycles. The normalized spacial score (nSPS) is 9.32. The van der Waals surface area contributed by atoms with Crippen molar-refractivity contribution < 1.29 is 9.50 Å². The molecular formula is C15H7ClFNO. The van der Waals surface area contributed by atoms with Crippen molar-refractivity contribution in [1.29, 1.82) is 5.26 Å². The molecule has 92 valence electrons. The monoisotopic (exact) mass is 271 g/mol. The number of nitriles is 1. The Bertz CT molecular complexity index is 738. The number of hydrogen-bond donors (Lipinski definition) is 1. The van der Waals surface area contributed by atoms with Crippen molar-refractivity contribution in [2.24, 2.45) is 0 Å². The van der Waals surface area contributed by atoms with Crippen LogP contribution in [0.1, 0.15) is 16.7 Å². The maximum Gasteiger partial charge on any atom is 0.140 e. The van der Waals surface area contributed by atoms with E-state index in [4.69, 9.17) is 16.9 Å². The molecule has 0 radical (unpaired) electrons. The van der Waals surface area contributed by atoms with Crippen LogP contribution in [0.3, 0.4) is 0 Å². The average molecular weight is 272 g/mol. The number of phenols is 1. The largest absolute Gasteiger partial charge is 0.508 e. The molecule has 0 aromatic heterocycles. The highest BCUT2D eigenvalue weighted by molar-refractivity contribution is 6.31. The van der Waals surface area contributed by atoms with Crippen molar-refractivity contribution in [2.75, 3.05) is 0 Å². The number of hydrogen-bond acceptors (Lipinski definition) is 2. The van der Waals surface area contributed by atoms with Gasteiger partial charge in [0.25, 0.3) is 0 Å². The first-order chi connectivity index (χ1) is 9.10. The van der Waals surface area contributed by atoms with E-state index in [1.54, 1.807) is 6.07 Å². The van der Waals surface area contributed by atoms with Gasteiger partial charge < -0.3 is 5.11 Å². The number of nitrogens with zero attached hydrogens (tertiary/aromatic N) is 1. The molecule has 0 fully saturated rings. The third-order valence-corrected chi connectivity index (χ3v) is 2.70. The molecule has 0 aliphatic heterocycles. The minimum absolute atomic E-state index is 0.0418. The molecule has 0 bridgehead atoms. The Kier molecular flexibility index (Phi) is 3.71. The van der Waals surface area contributed by atoms with E-state index in [9.17, 15) is 9.50 Å². The second-order valence-corrected chi connectivity index (χ2v) is 4.13. The number of halogens is 2. The Balaban J connectivity index is 2.37. The third-order valence-electron chi connectivity index (χ3n) is 2.38. The lowest BCUT2D eigenvalue weighted by Crippen LogP contribution is -1.85. The second kappa shape index (κ2) is 5.44. The van der Waals surface area contributed by atoms with Gasteiger partial charge >= 0.3 is 0 Å². The summed E-state index contributed by atoms with van der Waals surface area (Å²) < 4.78 is 13.6. The topological polar surface area (TPSA) is 44.0 Å². The summed E-state index contributed by atoms with van der Waals surface area (Å²) in [6.45, 7) is 0. The Morgan fingerprint density at radius 2 is 1.74 bits per heavy atom. The minimum Gasteiger partial charge on any atom is -0.508 e. The summed E-state index contributed by atoms with van der Waals surface area (Å²) in [5.74, 6) is 4.85. The van der Waals surface area contributed by atoms with E-state index in [0.29, 0.717) is 10.6 Å². The average Bonchev–Trinajstić information content (AvgIpc) is 2.39. The molecule has 1 N–H and O–H groups in total. The Labute approximate surface area is 114 Å². The van der Waals surface area contributed by atoms with Crippen LogP contribution in [0.4, 0.5) is 4.39 Å². The number of phenolic OH excluding ortho intramolecular Hbond substituents is 1. The lowest BCUT2D eigenvalue weighted by atomic mass is 10.1. The highest BCUT2D eigenvalue weighted by atomic mass is 35.5. The third kappa shape index (κ3) is 3.04. The Morgan fingerprint density at radius 3 is 2.37 bits per heavy atom. The molecular weight excluding hydrogens is 265 g/mol. The lowest BCUT2D eigenvalue weighted by Gasteiger charge is -1.97. The van der Waals surface area contributed by atoms with Gasteiger partial charge in [0, 0.05) is 5.56 Å². The summed E-state index contributed by atoms with van der Waals surface area (Å²) in [4.78, 5) is 0. The van der Waals surface area contributed by atoms with E-state index in [-0.39, 0.29) is 16.9 Å². The highest BCUT2D eigenvalue weighted by Gasteiger charge is 2.01. The summed E-state index contributed by atoms with van der Waals surface area (Å²) in [6.07, 6.45) is 0. The van der Waals surface area contributed by atoms with Gasteiger partial charge in [-0.15, -0.1) is 0 Å². The maximum absolute atomic E-state index is 13.6. The summed E-state index contributed by atoms with van der Waals surface area (Å²) in [5.41, 5.74) is 0.914. The quantitative estimate of drug-likeness (QED) is 0.746. The van der Waals surface area contributed by atoms with Crippen molar-refractivity contribution in [1.82, 2.24) is 0 Å². The molecule has 2 nitrogen and oxygen atoms in total. The lowest BCUT2D eigenvalue weighted by molar-refractivity contribution is 0.475. The smallest absolute Gasteiger partial charge is 0.140 e. The predicted octanol–water partition coefficient (Wildman–Crippen LogP) is 3.46. The van der Waals surface area contributed by atoms with E-state index in [0.717, 1.165) is 6.07 Å². The zero-order valence-electron chi connectivity index (χ0n) is 9.61. The van der Waals surface area contributed by atoms with Crippen LogP contribution in [0.5, 0.6) is 5.75 Å². The molecule has 0 unspecified atom stereocenters. The molecule has 2 rings (SSSR count). The fraction of sp³-hybridized carbons (Fsp3) is 0. The van der Waals surface area contributed by atoms with Crippen LogP contribution in [-0.4, -0.2) is 5.11 Å². The molecule has 0 aliphatic carbocycles. The fourth-order valence-corrected chi connectivity index (χ4v) is 1.65. The molecule has 0 spiro atoms. The Hall–Kier alpha value is -2.49.